The number of rotatable bonds is 5. The number of nitrogens with zero attached hydrogens (tertiary/aromatic N) is 2. The maximum absolute atomic E-state index is 4.07. The minimum absolute atomic E-state index is 0.847. The van der Waals surface area contributed by atoms with Gasteiger partial charge in [0, 0.05) is 28.5 Å². The summed E-state index contributed by atoms with van der Waals surface area (Å²) in [6.07, 6.45) is 2.39. The number of aromatic nitrogens is 3. The Morgan fingerprint density at radius 3 is 2.82 bits per heavy atom. The Morgan fingerprint density at radius 1 is 1.24 bits per heavy atom. The van der Waals surface area contributed by atoms with Crippen LogP contribution in [0.2, 0.25) is 0 Å². The number of halogens is 2. The van der Waals surface area contributed by atoms with E-state index in [9.17, 15) is 0 Å². The zero-order valence-electron chi connectivity index (χ0n) is 9.08. The summed E-state index contributed by atoms with van der Waals surface area (Å²) in [7, 11) is 0. The van der Waals surface area contributed by atoms with Crippen molar-refractivity contribution in [2.45, 2.75) is 13.0 Å². The van der Waals surface area contributed by atoms with Crippen LogP contribution >= 0.6 is 31.9 Å². The van der Waals surface area contributed by atoms with E-state index in [2.05, 4.69) is 64.5 Å². The van der Waals surface area contributed by atoms with Crippen LogP contribution in [0, 0.1) is 0 Å². The van der Waals surface area contributed by atoms with Crippen molar-refractivity contribution in [3.63, 3.8) is 0 Å². The average Bonchev–Trinajstić information content (AvgIpc) is 2.82. The molecular formula is C11H12Br2N4. The first kappa shape index (κ1) is 12.7. The summed E-state index contributed by atoms with van der Waals surface area (Å²) in [6, 6.07) is 6.24. The summed E-state index contributed by atoms with van der Waals surface area (Å²) < 4.78 is 2.15. The lowest BCUT2D eigenvalue weighted by Crippen LogP contribution is -2.17. The third kappa shape index (κ3) is 3.90. The van der Waals surface area contributed by atoms with E-state index in [4.69, 9.17) is 0 Å². The molecule has 0 aliphatic rings. The van der Waals surface area contributed by atoms with Crippen LogP contribution in [0.4, 0.5) is 0 Å². The van der Waals surface area contributed by atoms with Gasteiger partial charge in [-0.25, -0.2) is 4.98 Å². The van der Waals surface area contributed by atoms with Crippen LogP contribution in [0.3, 0.4) is 0 Å². The van der Waals surface area contributed by atoms with Gasteiger partial charge in [-0.05, 0) is 49.6 Å². The molecule has 0 saturated heterocycles. The average molecular weight is 360 g/mol. The minimum atomic E-state index is 0.847. The van der Waals surface area contributed by atoms with Gasteiger partial charge in [-0.1, -0.05) is 6.07 Å². The van der Waals surface area contributed by atoms with Crippen molar-refractivity contribution in [1.29, 1.82) is 0 Å². The van der Waals surface area contributed by atoms with Crippen LogP contribution < -0.4 is 5.32 Å². The Balaban J connectivity index is 1.76. The van der Waals surface area contributed by atoms with Crippen LogP contribution in [0.15, 0.2) is 33.5 Å². The normalized spacial score (nSPS) is 10.7. The fourth-order valence-corrected chi connectivity index (χ4v) is 2.11. The van der Waals surface area contributed by atoms with Crippen LogP contribution in [0.1, 0.15) is 11.4 Å². The van der Waals surface area contributed by atoms with Crippen molar-refractivity contribution in [2.75, 3.05) is 6.54 Å². The van der Waals surface area contributed by atoms with E-state index in [-0.39, 0.29) is 0 Å². The van der Waals surface area contributed by atoms with E-state index < -0.39 is 0 Å². The van der Waals surface area contributed by atoms with Crippen molar-refractivity contribution in [3.05, 3.63) is 44.9 Å². The molecule has 0 aliphatic carbocycles. The fraction of sp³-hybridized carbons (Fsp3) is 0.273. The number of nitrogens with one attached hydrogen (secondary N) is 2. The number of hydrogen-bond acceptors (Lipinski definition) is 3. The van der Waals surface area contributed by atoms with Crippen molar-refractivity contribution >= 4 is 31.9 Å². The molecule has 2 N–H and O–H groups in total. The van der Waals surface area contributed by atoms with Gasteiger partial charge in [0.05, 0.1) is 0 Å². The number of benzene rings is 1. The molecule has 0 fully saturated rings. The van der Waals surface area contributed by atoms with Gasteiger partial charge < -0.3 is 5.32 Å². The second-order valence-corrected chi connectivity index (χ2v) is 5.32. The molecule has 0 radical (unpaired) electrons. The molecule has 0 amide bonds. The van der Waals surface area contributed by atoms with Crippen molar-refractivity contribution in [3.8, 4) is 0 Å². The molecule has 90 valence electrons. The molecular weight excluding hydrogens is 348 g/mol. The first-order valence-electron chi connectivity index (χ1n) is 5.24. The highest BCUT2D eigenvalue weighted by Crippen LogP contribution is 2.23. The Hall–Kier alpha value is -0.720. The summed E-state index contributed by atoms with van der Waals surface area (Å²) in [5.74, 6) is 0.912. The standard InChI is InChI=1S/C11H12Br2N4/c12-9-2-1-8(5-10(9)13)6-14-4-3-11-15-7-16-17-11/h1-2,5,7,14H,3-4,6H2,(H,15,16,17). The molecule has 1 aromatic heterocycles. The first-order valence-corrected chi connectivity index (χ1v) is 6.83. The molecule has 1 aromatic carbocycles. The quantitative estimate of drug-likeness (QED) is 0.807. The maximum Gasteiger partial charge on any atom is 0.137 e. The van der Waals surface area contributed by atoms with Gasteiger partial charge in [0.2, 0.25) is 0 Å². The molecule has 2 aromatic rings. The lowest BCUT2D eigenvalue weighted by molar-refractivity contribution is 0.671. The van der Waals surface area contributed by atoms with E-state index in [1.807, 2.05) is 6.07 Å². The molecule has 0 saturated carbocycles. The highest BCUT2D eigenvalue weighted by Gasteiger charge is 1.99. The van der Waals surface area contributed by atoms with Gasteiger partial charge in [0.25, 0.3) is 0 Å². The van der Waals surface area contributed by atoms with Gasteiger partial charge >= 0.3 is 0 Å². The van der Waals surface area contributed by atoms with Crippen molar-refractivity contribution in [2.24, 2.45) is 0 Å². The topological polar surface area (TPSA) is 53.6 Å². The molecule has 0 spiro atoms. The summed E-state index contributed by atoms with van der Waals surface area (Å²) in [4.78, 5) is 4.07. The third-order valence-electron chi connectivity index (χ3n) is 2.32. The molecule has 0 unspecified atom stereocenters. The zero-order chi connectivity index (χ0) is 12.1. The van der Waals surface area contributed by atoms with E-state index in [0.29, 0.717) is 0 Å². The summed E-state index contributed by atoms with van der Waals surface area (Å²) in [5.41, 5.74) is 1.25. The molecule has 0 atom stereocenters. The van der Waals surface area contributed by atoms with Crippen LogP contribution in [0.25, 0.3) is 0 Å². The number of aromatic amines is 1. The second-order valence-electron chi connectivity index (χ2n) is 3.61. The van der Waals surface area contributed by atoms with Gasteiger partial charge in [0.1, 0.15) is 12.2 Å². The van der Waals surface area contributed by atoms with E-state index in [1.165, 1.54) is 11.9 Å². The lowest BCUT2D eigenvalue weighted by Gasteiger charge is -2.05. The molecule has 17 heavy (non-hydrogen) atoms. The minimum Gasteiger partial charge on any atom is -0.312 e. The second kappa shape index (κ2) is 6.28. The van der Waals surface area contributed by atoms with Crippen LogP contribution in [-0.2, 0) is 13.0 Å². The fourth-order valence-electron chi connectivity index (χ4n) is 1.44. The SMILES string of the molecule is Brc1ccc(CNCCc2ncn[nH]2)cc1Br. The molecule has 6 heteroatoms. The highest BCUT2D eigenvalue weighted by molar-refractivity contribution is 9.13. The Labute approximate surface area is 116 Å². The van der Waals surface area contributed by atoms with Crippen LogP contribution in [0.5, 0.6) is 0 Å². The van der Waals surface area contributed by atoms with E-state index >= 15 is 0 Å². The smallest absolute Gasteiger partial charge is 0.137 e. The van der Waals surface area contributed by atoms with Crippen molar-refractivity contribution < 1.29 is 0 Å². The summed E-state index contributed by atoms with van der Waals surface area (Å²) in [6.45, 7) is 1.73. The van der Waals surface area contributed by atoms with E-state index in [1.54, 1.807) is 0 Å². The predicted octanol–water partition coefficient (Wildman–Crippen LogP) is 2.66. The predicted molar refractivity (Wildman–Crippen MR) is 73.6 cm³/mol. The summed E-state index contributed by atoms with van der Waals surface area (Å²) >= 11 is 6.94. The molecule has 4 nitrogen and oxygen atoms in total. The Morgan fingerprint density at radius 2 is 2.12 bits per heavy atom. The monoisotopic (exact) mass is 358 g/mol. The van der Waals surface area contributed by atoms with Gasteiger partial charge in [0.15, 0.2) is 0 Å². The zero-order valence-corrected chi connectivity index (χ0v) is 12.3. The van der Waals surface area contributed by atoms with Gasteiger partial charge in [-0.3, -0.25) is 5.10 Å². The Bertz CT molecular complexity index is 470. The number of H-pyrrole nitrogens is 1. The Kier molecular flexibility index (Phi) is 4.70. The largest absolute Gasteiger partial charge is 0.312 e. The summed E-state index contributed by atoms with van der Waals surface area (Å²) in [5, 5.41) is 10.0. The lowest BCUT2D eigenvalue weighted by atomic mass is 10.2. The van der Waals surface area contributed by atoms with Gasteiger partial charge in [-0.15, -0.1) is 0 Å². The van der Waals surface area contributed by atoms with E-state index in [0.717, 1.165) is 34.3 Å². The number of hydrogen-bond donors (Lipinski definition) is 2. The highest BCUT2D eigenvalue weighted by atomic mass is 79.9. The van der Waals surface area contributed by atoms with Crippen molar-refractivity contribution in [1.82, 2.24) is 20.5 Å². The molecule has 0 aliphatic heterocycles. The molecule has 2 rings (SSSR count). The van der Waals surface area contributed by atoms with Crippen LogP contribution in [-0.4, -0.2) is 21.7 Å². The molecule has 0 bridgehead atoms. The maximum atomic E-state index is 4.07. The third-order valence-corrected chi connectivity index (χ3v) is 4.20. The first-order chi connectivity index (χ1) is 8.25. The molecule has 1 heterocycles. The van der Waals surface area contributed by atoms with Gasteiger partial charge in [-0.2, -0.15) is 5.10 Å².